The lowest BCUT2D eigenvalue weighted by molar-refractivity contribution is 0.261. The fourth-order valence-corrected chi connectivity index (χ4v) is 2.68. The largest absolute Gasteiger partial charge is 0.493 e. The van der Waals surface area contributed by atoms with Crippen LogP contribution in [0.15, 0.2) is 36.4 Å². The van der Waals surface area contributed by atoms with Crippen LogP contribution in [0.4, 0.5) is 0 Å². The minimum atomic E-state index is 0.0210. The fourth-order valence-electron chi connectivity index (χ4n) is 2.68. The van der Waals surface area contributed by atoms with Crippen LogP contribution in [0.3, 0.4) is 0 Å². The summed E-state index contributed by atoms with van der Waals surface area (Å²) >= 11 is 0. The number of hydrogen-bond donors (Lipinski definition) is 1. The van der Waals surface area contributed by atoms with Gasteiger partial charge in [0.25, 0.3) is 0 Å². The minimum Gasteiger partial charge on any atom is -0.493 e. The zero-order chi connectivity index (χ0) is 14.9. The predicted molar refractivity (Wildman–Crippen MR) is 88.7 cm³/mol. The van der Waals surface area contributed by atoms with Crippen molar-refractivity contribution in [2.24, 2.45) is 0 Å². The van der Waals surface area contributed by atoms with Crippen LogP contribution in [0, 0.1) is 0 Å². The van der Waals surface area contributed by atoms with E-state index in [0.717, 1.165) is 35.1 Å². The average molecular weight is 286 g/mol. The second-order valence-electron chi connectivity index (χ2n) is 5.54. The molecule has 0 saturated heterocycles. The van der Waals surface area contributed by atoms with Gasteiger partial charge in [0.15, 0.2) is 0 Å². The summed E-state index contributed by atoms with van der Waals surface area (Å²) in [5.74, 6) is 0.824. The fraction of sp³-hybridized carbons (Fsp3) is 0.474. The van der Waals surface area contributed by atoms with E-state index in [1.165, 1.54) is 32.1 Å². The van der Waals surface area contributed by atoms with Gasteiger partial charge < -0.3 is 9.84 Å². The number of hydrogen-bond acceptors (Lipinski definition) is 2. The molecule has 114 valence electrons. The maximum atomic E-state index is 9.64. The molecule has 0 aromatic heterocycles. The van der Waals surface area contributed by atoms with Gasteiger partial charge in [-0.05, 0) is 23.3 Å². The number of unbranched alkanes of at least 4 members (excludes halogenated alkanes) is 5. The van der Waals surface area contributed by atoms with E-state index in [2.05, 4.69) is 19.1 Å². The summed E-state index contributed by atoms with van der Waals surface area (Å²) in [5, 5.41) is 11.9. The van der Waals surface area contributed by atoms with Crippen molar-refractivity contribution in [2.45, 2.75) is 52.1 Å². The van der Waals surface area contributed by atoms with Crippen molar-refractivity contribution in [2.75, 3.05) is 6.61 Å². The van der Waals surface area contributed by atoms with Crippen molar-refractivity contribution in [1.82, 2.24) is 0 Å². The van der Waals surface area contributed by atoms with Crippen LogP contribution >= 0.6 is 0 Å². The van der Waals surface area contributed by atoms with E-state index < -0.39 is 0 Å². The van der Waals surface area contributed by atoms with Gasteiger partial charge in [-0.15, -0.1) is 0 Å². The van der Waals surface area contributed by atoms with Crippen LogP contribution < -0.4 is 4.74 Å². The third kappa shape index (κ3) is 4.47. The summed E-state index contributed by atoms with van der Waals surface area (Å²) < 4.78 is 5.88. The van der Waals surface area contributed by atoms with E-state index in [9.17, 15) is 5.11 Å². The number of rotatable bonds is 9. The van der Waals surface area contributed by atoms with Crippen LogP contribution in [-0.4, -0.2) is 11.7 Å². The summed E-state index contributed by atoms with van der Waals surface area (Å²) in [7, 11) is 0. The van der Waals surface area contributed by atoms with Crippen molar-refractivity contribution < 1.29 is 9.84 Å². The summed E-state index contributed by atoms with van der Waals surface area (Å²) in [6, 6.07) is 12.2. The summed E-state index contributed by atoms with van der Waals surface area (Å²) in [6.45, 7) is 2.99. The van der Waals surface area contributed by atoms with Crippen molar-refractivity contribution in [3.8, 4) is 5.75 Å². The SMILES string of the molecule is CCCCCCCCOc1ccc2ccccc2c1CO. The molecule has 0 atom stereocenters. The Hall–Kier alpha value is -1.54. The molecule has 0 spiro atoms. The van der Waals surface area contributed by atoms with Gasteiger partial charge in [-0.3, -0.25) is 0 Å². The number of aliphatic hydroxyl groups excluding tert-OH is 1. The topological polar surface area (TPSA) is 29.5 Å². The lowest BCUT2D eigenvalue weighted by atomic mass is 10.0. The van der Waals surface area contributed by atoms with E-state index in [4.69, 9.17) is 4.74 Å². The molecule has 2 heteroatoms. The number of ether oxygens (including phenoxy) is 1. The van der Waals surface area contributed by atoms with E-state index in [1.54, 1.807) is 0 Å². The van der Waals surface area contributed by atoms with Gasteiger partial charge >= 0.3 is 0 Å². The molecule has 2 nitrogen and oxygen atoms in total. The van der Waals surface area contributed by atoms with Crippen LogP contribution in [0.2, 0.25) is 0 Å². The molecule has 0 bridgehead atoms. The minimum absolute atomic E-state index is 0.0210. The van der Waals surface area contributed by atoms with Gasteiger partial charge in [0.1, 0.15) is 5.75 Å². The maximum Gasteiger partial charge on any atom is 0.125 e. The number of aliphatic hydroxyl groups is 1. The molecule has 0 aliphatic carbocycles. The highest BCUT2D eigenvalue weighted by molar-refractivity contribution is 5.87. The molecular formula is C19H26O2. The lowest BCUT2D eigenvalue weighted by Crippen LogP contribution is -2.01. The zero-order valence-electron chi connectivity index (χ0n) is 13.0. The first kappa shape index (κ1) is 15.8. The first-order valence-electron chi connectivity index (χ1n) is 8.11. The Morgan fingerprint density at radius 1 is 0.905 bits per heavy atom. The van der Waals surface area contributed by atoms with Gasteiger partial charge in [-0.2, -0.15) is 0 Å². The zero-order valence-corrected chi connectivity index (χ0v) is 13.0. The standard InChI is InChI=1S/C19H26O2/c1-2-3-4-5-6-9-14-21-19-13-12-16-10-7-8-11-17(16)18(19)15-20/h7-8,10-13,20H,2-6,9,14-15H2,1H3. The quantitative estimate of drug-likeness (QED) is 0.652. The average Bonchev–Trinajstić information content (AvgIpc) is 2.53. The van der Waals surface area contributed by atoms with Gasteiger partial charge in [-0.25, -0.2) is 0 Å². The van der Waals surface area contributed by atoms with E-state index in [0.29, 0.717) is 0 Å². The summed E-state index contributed by atoms with van der Waals surface area (Å²) in [6.07, 6.45) is 7.55. The highest BCUT2D eigenvalue weighted by Crippen LogP contribution is 2.28. The van der Waals surface area contributed by atoms with Crippen molar-refractivity contribution in [3.63, 3.8) is 0 Å². The molecule has 1 N–H and O–H groups in total. The highest BCUT2D eigenvalue weighted by Gasteiger charge is 2.07. The van der Waals surface area contributed by atoms with Gasteiger partial charge in [0.05, 0.1) is 13.2 Å². The van der Waals surface area contributed by atoms with E-state index in [1.807, 2.05) is 24.3 Å². The molecule has 0 aliphatic rings. The van der Waals surface area contributed by atoms with Crippen LogP contribution in [-0.2, 0) is 6.61 Å². The molecule has 2 rings (SSSR count). The molecule has 0 amide bonds. The number of fused-ring (bicyclic) bond motifs is 1. The number of benzene rings is 2. The van der Waals surface area contributed by atoms with Gasteiger partial charge in [0.2, 0.25) is 0 Å². The van der Waals surface area contributed by atoms with E-state index >= 15 is 0 Å². The Labute approximate surface area is 127 Å². The molecular weight excluding hydrogens is 260 g/mol. The second kappa shape index (κ2) is 8.68. The third-order valence-electron chi connectivity index (χ3n) is 3.91. The summed E-state index contributed by atoms with van der Waals surface area (Å²) in [4.78, 5) is 0. The van der Waals surface area contributed by atoms with Crippen LogP contribution in [0.1, 0.15) is 51.0 Å². The third-order valence-corrected chi connectivity index (χ3v) is 3.91. The first-order chi connectivity index (χ1) is 10.4. The Kier molecular flexibility index (Phi) is 6.55. The molecule has 2 aromatic rings. The smallest absolute Gasteiger partial charge is 0.125 e. The molecule has 21 heavy (non-hydrogen) atoms. The maximum absolute atomic E-state index is 9.64. The Bertz CT molecular complexity index is 548. The molecule has 2 aromatic carbocycles. The first-order valence-corrected chi connectivity index (χ1v) is 8.11. The lowest BCUT2D eigenvalue weighted by Gasteiger charge is -2.12. The van der Waals surface area contributed by atoms with Crippen molar-refractivity contribution in [1.29, 1.82) is 0 Å². The summed E-state index contributed by atoms with van der Waals surface area (Å²) in [5.41, 5.74) is 0.902. The molecule has 0 fully saturated rings. The van der Waals surface area contributed by atoms with Crippen molar-refractivity contribution in [3.05, 3.63) is 42.0 Å². The van der Waals surface area contributed by atoms with Crippen LogP contribution in [0.5, 0.6) is 5.75 Å². The molecule has 0 aliphatic heterocycles. The normalized spacial score (nSPS) is 11.0. The molecule has 0 heterocycles. The monoisotopic (exact) mass is 286 g/mol. The Balaban J connectivity index is 1.90. The molecule has 0 saturated carbocycles. The van der Waals surface area contributed by atoms with Crippen molar-refractivity contribution >= 4 is 10.8 Å². The van der Waals surface area contributed by atoms with Gasteiger partial charge in [-0.1, -0.05) is 69.4 Å². The second-order valence-corrected chi connectivity index (χ2v) is 5.54. The Morgan fingerprint density at radius 3 is 2.48 bits per heavy atom. The predicted octanol–water partition coefficient (Wildman–Crippen LogP) is 5.07. The van der Waals surface area contributed by atoms with Crippen LogP contribution in [0.25, 0.3) is 10.8 Å². The van der Waals surface area contributed by atoms with Gasteiger partial charge in [0, 0.05) is 5.56 Å². The molecule has 0 radical (unpaired) electrons. The molecule has 0 unspecified atom stereocenters. The van der Waals surface area contributed by atoms with E-state index in [-0.39, 0.29) is 6.61 Å². The highest BCUT2D eigenvalue weighted by atomic mass is 16.5. The Morgan fingerprint density at radius 2 is 1.67 bits per heavy atom.